The quantitative estimate of drug-likeness (QED) is 0.793. The summed E-state index contributed by atoms with van der Waals surface area (Å²) in [5, 5.41) is 3.57. The number of hydrogen-bond acceptors (Lipinski definition) is 2. The normalized spacial score (nSPS) is 15.5. The molecule has 1 rings (SSSR count). The molecule has 14 heavy (non-hydrogen) atoms. The molecule has 2 unspecified atom stereocenters. The van der Waals surface area contributed by atoms with Crippen molar-refractivity contribution in [3.63, 3.8) is 0 Å². The van der Waals surface area contributed by atoms with E-state index in [4.69, 9.17) is 0 Å². The molecule has 78 valence electrons. The molecule has 0 fully saturated rings. The fourth-order valence-electron chi connectivity index (χ4n) is 1.34. The molecule has 0 spiro atoms. The summed E-state index contributed by atoms with van der Waals surface area (Å²) in [6.45, 7) is 8.88. The molecule has 1 aromatic heterocycles. The summed E-state index contributed by atoms with van der Waals surface area (Å²) in [4.78, 5) is 4.01. The number of nitrogens with one attached hydrogen (secondary N) is 1. The van der Waals surface area contributed by atoms with Gasteiger partial charge in [0, 0.05) is 24.5 Å². The minimum absolute atomic E-state index is 0.399. The Hall–Kier alpha value is -0.890. The van der Waals surface area contributed by atoms with Crippen LogP contribution < -0.4 is 5.32 Å². The van der Waals surface area contributed by atoms with Crippen LogP contribution in [0.2, 0.25) is 0 Å². The van der Waals surface area contributed by atoms with Gasteiger partial charge in [0.25, 0.3) is 0 Å². The molecule has 1 N–H and O–H groups in total. The van der Waals surface area contributed by atoms with Crippen LogP contribution in [0.25, 0.3) is 0 Å². The van der Waals surface area contributed by atoms with E-state index in [-0.39, 0.29) is 0 Å². The molecule has 0 aliphatic rings. The number of nitrogens with zero attached hydrogens (tertiary/aromatic N) is 1. The van der Waals surface area contributed by atoms with Gasteiger partial charge in [0.05, 0.1) is 0 Å². The zero-order valence-electron chi connectivity index (χ0n) is 9.49. The van der Waals surface area contributed by atoms with Gasteiger partial charge in [0.1, 0.15) is 0 Å². The summed E-state index contributed by atoms with van der Waals surface area (Å²) in [5.41, 5.74) is 1.30. The van der Waals surface area contributed by atoms with Gasteiger partial charge in [-0.15, -0.1) is 0 Å². The smallest absolute Gasteiger partial charge is 0.0295 e. The van der Waals surface area contributed by atoms with Crippen LogP contribution >= 0.6 is 0 Å². The van der Waals surface area contributed by atoms with Gasteiger partial charge in [0.2, 0.25) is 0 Å². The third-order valence-electron chi connectivity index (χ3n) is 2.72. The van der Waals surface area contributed by atoms with Gasteiger partial charge in [-0.05, 0) is 37.5 Å². The van der Waals surface area contributed by atoms with Crippen molar-refractivity contribution in [2.24, 2.45) is 5.92 Å². The Morgan fingerprint density at radius 1 is 1.07 bits per heavy atom. The number of aromatic nitrogens is 1. The molecule has 2 nitrogen and oxygen atoms in total. The lowest BCUT2D eigenvalue weighted by molar-refractivity contribution is 0.389. The van der Waals surface area contributed by atoms with Crippen molar-refractivity contribution in [1.82, 2.24) is 10.3 Å². The van der Waals surface area contributed by atoms with E-state index in [9.17, 15) is 0 Å². The first kappa shape index (κ1) is 11.2. The van der Waals surface area contributed by atoms with Crippen LogP contribution in [-0.2, 0) is 0 Å². The Morgan fingerprint density at radius 2 is 1.64 bits per heavy atom. The van der Waals surface area contributed by atoms with E-state index in [0.29, 0.717) is 18.0 Å². The van der Waals surface area contributed by atoms with Gasteiger partial charge in [-0.3, -0.25) is 4.98 Å². The lowest BCUT2D eigenvalue weighted by Crippen LogP contribution is -2.32. The van der Waals surface area contributed by atoms with Crippen LogP contribution in [0.5, 0.6) is 0 Å². The molecule has 0 radical (unpaired) electrons. The summed E-state index contributed by atoms with van der Waals surface area (Å²) in [6, 6.07) is 5.06. The molecule has 1 heterocycles. The lowest BCUT2D eigenvalue weighted by Gasteiger charge is -2.23. The lowest BCUT2D eigenvalue weighted by atomic mass is 10.0. The second-order valence-corrected chi connectivity index (χ2v) is 4.20. The average Bonchev–Trinajstić information content (AvgIpc) is 2.19. The molecule has 2 atom stereocenters. The zero-order chi connectivity index (χ0) is 10.6. The standard InChI is InChI=1S/C12H20N2/c1-9(2)10(3)14-11(4)12-5-7-13-8-6-12/h5-11,14H,1-4H3. The van der Waals surface area contributed by atoms with Crippen molar-refractivity contribution < 1.29 is 0 Å². The van der Waals surface area contributed by atoms with Crippen LogP contribution in [0.1, 0.15) is 39.3 Å². The summed E-state index contributed by atoms with van der Waals surface area (Å²) in [5.74, 6) is 0.666. The zero-order valence-corrected chi connectivity index (χ0v) is 9.49. The first-order chi connectivity index (χ1) is 6.61. The van der Waals surface area contributed by atoms with Gasteiger partial charge in [-0.1, -0.05) is 13.8 Å². The van der Waals surface area contributed by atoms with Crippen molar-refractivity contribution in [3.05, 3.63) is 30.1 Å². The highest BCUT2D eigenvalue weighted by molar-refractivity contribution is 5.14. The predicted molar refractivity (Wildman–Crippen MR) is 60.1 cm³/mol. The number of hydrogen-bond donors (Lipinski definition) is 1. The minimum Gasteiger partial charge on any atom is -0.307 e. The maximum absolute atomic E-state index is 4.01. The molecule has 0 aliphatic heterocycles. The van der Waals surface area contributed by atoms with Crippen LogP contribution in [0.3, 0.4) is 0 Å². The monoisotopic (exact) mass is 192 g/mol. The fraction of sp³-hybridized carbons (Fsp3) is 0.583. The summed E-state index contributed by atoms with van der Waals surface area (Å²) >= 11 is 0. The van der Waals surface area contributed by atoms with E-state index in [0.717, 1.165) is 0 Å². The van der Waals surface area contributed by atoms with E-state index in [1.807, 2.05) is 12.4 Å². The number of rotatable bonds is 4. The Balaban J connectivity index is 2.55. The largest absolute Gasteiger partial charge is 0.307 e. The predicted octanol–water partition coefficient (Wildman–Crippen LogP) is 2.78. The van der Waals surface area contributed by atoms with Crippen LogP contribution in [-0.4, -0.2) is 11.0 Å². The highest BCUT2D eigenvalue weighted by Gasteiger charge is 2.11. The van der Waals surface area contributed by atoms with Crippen molar-refractivity contribution in [2.75, 3.05) is 0 Å². The van der Waals surface area contributed by atoms with Crippen LogP contribution in [0.15, 0.2) is 24.5 Å². The molecular weight excluding hydrogens is 172 g/mol. The molecular formula is C12H20N2. The SMILES string of the molecule is CC(NC(C)C(C)C)c1ccncc1. The van der Waals surface area contributed by atoms with Gasteiger partial charge >= 0.3 is 0 Å². The van der Waals surface area contributed by atoms with Crippen molar-refractivity contribution in [1.29, 1.82) is 0 Å². The second kappa shape index (κ2) is 5.11. The van der Waals surface area contributed by atoms with E-state index >= 15 is 0 Å². The summed E-state index contributed by atoms with van der Waals surface area (Å²) in [6.07, 6.45) is 3.68. The Kier molecular flexibility index (Phi) is 4.08. The average molecular weight is 192 g/mol. The van der Waals surface area contributed by atoms with E-state index in [1.165, 1.54) is 5.56 Å². The van der Waals surface area contributed by atoms with Crippen molar-refractivity contribution >= 4 is 0 Å². The minimum atomic E-state index is 0.399. The molecule has 0 saturated carbocycles. The maximum atomic E-state index is 4.01. The highest BCUT2D eigenvalue weighted by atomic mass is 14.9. The molecule has 0 bridgehead atoms. The molecule has 2 heteroatoms. The van der Waals surface area contributed by atoms with Crippen molar-refractivity contribution in [2.45, 2.75) is 39.8 Å². The van der Waals surface area contributed by atoms with Gasteiger partial charge < -0.3 is 5.32 Å². The Bertz CT molecular complexity index is 256. The van der Waals surface area contributed by atoms with Gasteiger partial charge in [0.15, 0.2) is 0 Å². The molecule has 0 saturated heterocycles. The van der Waals surface area contributed by atoms with E-state index in [2.05, 4.69) is 50.1 Å². The Labute approximate surface area is 86.8 Å². The van der Waals surface area contributed by atoms with Crippen LogP contribution in [0, 0.1) is 5.92 Å². The van der Waals surface area contributed by atoms with Crippen molar-refractivity contribution in [3.8, 4) is 0 Å². The van der Waals surface area contributed by atoms with Gasteiger partial charge in [-0.2, -0.15) is 0 Å². The molecule has 1 aromatic rings. The topological polar surface area (TPSA) is 24.9 Å². The molecule has 0 aliphatic carbocycles. The second-order valence-electron chi connectivity index (χ2n) is 4.20. The highest BCUT2D eigenvalue weighted by Crippen LogP contribution is 2.13. The third kappa shape index (κ3) is 3.11. The Morgan fingerprint density at radius 3 is 2.14 bits per heavy atom. The van der Waals surface area contributed by atoms with E-state index in [1.54, 1.807) is 0 Å². The fourth-order valence-corrected chi connectivity index (χ4v) is 1.34. The molecule has 0 aromatic carbocycles. The molecule has 0 amide bonds. The van der Waals surface area contributed by atoms with E-state index < -0.39 is 0 Å². The van der Waals surface area contributed by atoms with Gasteiger partial charge in [-0.25, -0.2) is 0 Å². The first-order valence-electron chi connectivity index (χ1n) is 5.27. The summed E-state index contributed by atoms with van der Waals surface area (Å²) in [7, 11) is 0. The van der Waals surface area contributed by atoms with Crippen LogP contribution in [0.4, 0.5) is 0 Å². The summed E-state index contributed by atoms with van der Waals surface area (Å²) < 4.78 is 0. The first-order valence-corrected chi connectivity index (χ1v) is 5.27. The number of pyridine rings is 1. The third-order valence-corrected chi connectivity index (χ3v) is 2.72. The maximum Gasteiger partial charge on any atom is 0.0295 e.